The van der Waals surface area contributed by atoms with Crippen molar-refractivity contribution >= 4 is 17.6 Å². The minimum Gasteiger partial charge on any atom is -0.365 e. The maximum absolute atomic E-state index is 12.3. The van der Waals surface area contributed by atoms with Crippen molar-refractivity contribution in [1.82, 2.24) is 10.2 Å². The van der Waals surface area contributed by atoms with E-state index in [1.807, 2.05) is 6.26 Å². The quantitative estimate of drug-likeness (QED) is 0.920. The molecule has 3 nitrogen and oxygen atoms in total. The lowest BCUT2D eigenvalue weighted by molar-refractivity contribution is -0.141. The summed E-state index contributed by atoms with van der Waals surface area (Å²) in [4.78, 5) is 0. The standard InChI is InChI=1S/C11H14F3N3S/c1-18-8-4-2-3-7(8)15-10-6-5-9(16-17-10)11(12,13)14/h5-8H,2-4H2,1H3,(H,15,17). The molecule has 0 spiro atoms. The molecule has 0 radical (unpaired) electrons. The van der Waals surface area contributed by atoms with E-state index in [4.69, 9.17) is 0 Å². The van der Waals surface area contributed by atoms with Crippen LogP contribution in [0.25, 0.3) is 0 Å². The Bertz CT molecular complexity index is 394. The molecule has 7 heteroatoms. The van der Waals surface area contributed by atoms with Gasteiger partial charge in [-0.2, -0.15) is 24.9 Å². The second-order valence-corrected chi connectivity index (χ2v) is 5.33. The molecule has 0 amide bonds. The summed E-state index contributed by atoms with van der Waals surface area (Å²) in [7, 11) is 0. The van der Waals surface area contributed by atoms with E-state index >= 15 is 0 Å². The molecule has 1 aliphatic rings. The summed E-state index contributed by atoms with van der Waals surface area (Å²) in [6.45, 7) is 0. The smallest absolute Gasteiger partial charge is 0.365 e. The first-order chi connectivity index (χ1) is 8.50. The van der Waals surface area contributed by atoms with E-state index in [-0.39, 0.29) is 6.04 Å². The third-order valence-electron chi connectivity index (χ3n) is 3.04. The average molecular weight is 277 g/mol. The molecule has 2 rings (SSSR count). The summed E-state index contributed by atoms with van der Waals surface area (Å²) in [6.07, 6.45) is 0.905. The van der Waals surface area contributed by atoms with Crippen molar-refractivity contribution in [2.45, 2.75) is 36.7 Å². The van der Waals surface area contributed by atoms with Crippen LogP contribution in [0.3, 0.4) is 0 Å². The molecule has 1 fully saturated rings. The number of nitrogens with one attached hydrogen (secondary N) is 1. The van der Waals surface area contributed by atoms with Crippen molar-refractivity contribution < 1.29 is 13.2 Å². The van der Waals surface area contributed by atoms with Gasteiger partial charge in [0.1, 0.15) is 5.82 Å². The first-order valence-corrected chi connectivity index (χ1v) is 7.00. The Morgan fingerprint density at radius 3 is 2.61 bits per heavy atom. The molecule has 0 bridgehead atoms. The third kappa shape index (κ3) is 3.07. The predicted octanol–water partition coefficient (Wildman–Crippen LogP) is 3.19. The van der Waals surface area contributed by atoms with Crippen molar-refractivity contribution in [2.24, 2.45) is 0 Å². The van der Waals surface area contributed by atoms with E-state index in [9.17, 15) is 13.2 Å². The lowest BCUT2D eigenvalue weighted by Crippen LogP contribution is -2.26. The van der Waals surface area contributed by atoms with Gasteiger partial charge in [0.05, 0.1) is 0 Å². The number of alkyl halides is 3. The first kappa shape index (κ1) is 13.5. The number of nitrogens with zero attached hydrogens (tertiary/aromatic N) is 2. The van der Waals surface area contributed by atoms with Gasteiger partial charge in [-0.05, 0) is 31.2 Å². The molecule has 1 aromatic rings. The number of rotatable bonds is 3. The maximum Gasteiger partial charge on any atom is 0.435 e. The molecule has 2 unspecified atom stereocenters. The van der Waals surface area contributed by atoms with Gasteiger partial charge >= 0.3 is 6.18 Å². The Kier molecular flexibility index (Phi) is 3.99. The van der Waals surface area contributed by atoms with Gasteiger partial charge in [-0.25, -0.2) is 0 Å². The Morgan fingerprint density at radius 1 is 1.28 bits per heavy atom. The molecule has 1 heterocycles. The molecule has 0 aliphatic heterocycles. The highest BCUT2D eigenvalue weighted by atomic mass is 32.2. The van der Waals surface area contributed by atoms with Crippen molar-refractivity contribution in [3.63, 3.8) is 0 Å². The van der Waals surface area contributed by atoms with Crippen LogP contribution in [0.15, 0.2) is 12.1 Å². The monoisotopic (exact) mass is 277 g/mol. The zero-order valence-electron chi connectivity index (χ0n) is 9.87. The summed E-state index contributed by atoms with van der Waals surface area (Å²) in [6, 6.07) is 2.57. The number of hydrogen-bond acceptors (Lipinski definition) is 4. The van der Waals surface area contributed by atoms with Gasteiger partial charge in [0.15, 0.2) is 5.69 Å². The largest absolute Gasteiger partial charge is 0.435 e. The highest BCUT2D eigenvalue weighted by Gasteiger charge is 2.33. The minimum atomic E-state index is -4.43. The van der Waals surface area contributed by atoms with Crippen LogP contribution in [-0.2, 0) is 6.18 Å². The van der Waals surface area contributed by atoms with Crippen LogP contribution in [0.5, 0.6) is 0 Å². The Balaban J connectivity index is 2.02. The molecule has 1 aliphatic carbocycles. The van der Waals surface area contributed by atoms with Gasteiger partial charge in [0.2, 0.25) is 0 Å². The number of anilines is 1. The summed E-state index contributed by atoms with van der Waals surface area (Å²) < 4.78 is 36.9. The molecule has 2 atom stereocenters. The summed E-state index contributed by atoms with van der Waals surface area (Å²) in [5.74, 6) is 0.411. The van der Waals surface area contributed by atoms with Gasteiger partial charge in [-0.15, -0.1) is 10.2 Å². The van der Waals surface area contributed by atoms with E-state index in [0.29, 0.717) is 11.1 Å². The summed E-state index contributed by atoms with van der Waals surface area (Å²) >= 11 is 1.78. The molecule has 18 heavy (non-hydrogen) atoms. The van der Waals surface area contributed by atoms with Crippen molar-refractivity contribution in [1.29, 1.82) is 0 Å². The Hall–Kier alpha value is -0.980. The highest BCUT2D eigenvalue weighted by molar-refractivity contribution is 7.99. The average Bonchev–Trinajstić information content (AvgIpc) is 2.76. The van der Waals surface area contributed by atoms with Crippen molar-refractivity contribution in [3.8, 4) is 0 Å². The first-order valence-electron chi connectivity index (χ1n) is 5.71. The molecule has 1 saturated carbocycles. The fourth-order valence-corrected chi connectivity index (χ4v) is 3.06. The van der Waals surface area contributed by atoms with Gasteiger partial charge in [0, 0.05) is 11.3 Å². The molecule has 1 N–H and O–H groups in total. The molecule has 100 valence electrons. The summed E-state index contributed by atoms with van der Waals surface area (Å²) in [5.41, 5.74) is -0.958. The fraction of sp³-hybridized carbons (Fsp3) is 0.636. The normalized spacial score (nSPS) is 24.2. The van der Waals surface area contributed by atoms with Gasteiger partial charge in [-0.3, -0.25) is 0 Å². The molecule has 1 aromatic heterocycles. The maximum atomic E-state index is 12.3. The van der Waals surface area contributed by atoms with E-state index in [2.05, 4.69) is 15.5 Å². The van der Waals surface area contributed by atoms with Crippen LogP contribution < -0.4 is 5.32 Å². The van der Waals surface area contributed by atoms with Crippen LogP contribution in [0.4, 0.5) is 19.0 Å². The van der Waals surface area contributed by atoms with Crippen molar-refractivity contribution in [3.05, 3.63) is 17.8 Å². The minimum absolute atomic E-state index is 0.269. The van der Waals surface area contributed by atoms with Crippen LogP contribution >= 0.6 is 11.8 Å². The highest BCUT2D eigenvalue weighted by Crippen LogP contribution is 2.31. The predicted molar refractivity (Wildman–Crippen MR) is 65.6 cm³/mol. The lowest BCUT2D eigenvalue weighted by atomic mass is 10.2. The number of thioether (sulfide) groups is 1. The SMILES string of the molecule is CSC1CCCC1Nc1ccc(C(F)(F)F)nn1. The number of halogens is 3. The van der Waals surface area contributed by atoms with Crippen LogP contribution in [0.2, 0.25) is 0 Å². The van der Waals surface area contributed by atoms with Crippen molar-refractivity contribution in [2.75, 3.05) is 11.6 Å². The van der Waals surface area contributed by atoms with Crippen LogP contribution in [0, 0.1) is 0 Å². The van der Waals surface area contributed by atoms with E-state index in [0.717, 1.165) is 25.3 Å². The summed E-state index contributed by atoms with van der Waals surface area (Å²) in [5, 5.41) is 10.4. The third-order valence-corrected chi connectivity index (χ3v) is 4.21. The second-order valence-electron chi connectivity index (χ2n) is 4.26. The second kappa shape index (κ2) is 5.34. The van der Waals surface area contributed by atoms with Gasteiger partial charge in [0.25, 0.3) is 0 Å². The molecular weight excluding hydrogens is 263 g/mol. The fourth-order valence-electron chi connectivity index (χ4n) is 2.12. The van der Waals surface area contributed by atoms with Crippen LogP contribution in [0.1, 0.15) is 25.0 Å². The van der Waals surface area contributed by atoms with E-state index in [1.165, 1.54) is 6.07 Å². The Labute approximate surface area is 108 Å². The number of hydrogen-bond donors (Lipinski definition) is 1. The van der Waals surface area contributed by atoms with E-state index in [1.54, 1.807) is 11.8 Å². The van der Waals surface area contributed by atoms with E-state index < -0.39 is 11.9 Å². The molecule has 0 saturated heterocycles. The zero-order valence-corrected chi connectivity index (χ0v) is 10.7. The number of aromatic nitrogens is 2. The molecule has 0 aromatic carbocycles. The van der Waals surface area contributed by atoms with Gasteiger partial charge in [-0.1, -0.05) is 6.42 Å². The topological polar surface area (TPSA) is 37.8 Å². The zero-order chi connectivity index (χ0) is 13.2. The Morgan fingerprint density at radius 2 is 2.06 bits per heavy atom. The van der Waals surface area contributed by atoms with Crippen LogP contribution in [-0.4, -0.2) is 27.7 Å². The van der Waals surface area contributed by atoms with Gasteiger partial charge < -0.3 is 5.32 Å². The lowest BCUT2D eigenvalue weighted by Gasteiger charge is -2.19. The molecular formula is C11H14F3N3S.